The van der Waals surface area contributed by atoms with Gasteiger partial charge in [0.15, 0.2) is 0 Å². The number of hydrogen-bond acceptors (Lipinski definition) is 5. The number of aromatic nitrogens is 2. The summed E-state index contributed by atoms with van der Waals surface area (Å²) in [5, 5.41) is 3.13. The number of anilines is 1. The quantitative estimate of drug-likeness (QED) is 0.906. The van der Waals surface area contributed by atoms with E-state index < -0.39 is 0 Å². The molecule has 2 fully saturated rings. The molecule has 6 nitrogen and oxygen atoms in total. The molecule has 0 aliphatic carbocycles. The van der Waals surface area contributed by atoms with Gasteiger partial charge in [0, 0.05) is 45.2 Å². The van der Waals surface area contributed by atoms with Gasteiger partial charge in [0.2, 0.25) is 11.9 Å². The van der Waals surface area contributed by atoms with Crippen LogP contribution in [0, 0.1) is 11.8 Å². The normalized spacial score (nSPS) is 23.3. The summed E-state index contributed by atoms with van der Waals surface area (Å²) >= 11 is 0. The van der Waals surface area contributed by atoms with E-state index in [2.05, 4.69) is 20.2 Å². The van der Waals surface area contributed by atoms with E-state index in [4.69, 9.17) is 4.74 Å². The summed E-state index contributed by atoms with van der Waals surface area (Å²) in [6.07, 6.45) is 7.55. The van der Waals surface area contributed by atoms with E-state index in [9.17, 15) is 4.79 Å². The van der Waals surface area contributed by atoms with Crippen LogP contribution in [-0.4, -0.2) is 48.7 Å². The number of rotatable bonds is 4. The average Bonchev–Trinajstić information content (AvgIpc) is 2.61. The first-order chi connectivity index (χ1) is 10.8. The van der Waals surface area contributed by atoms with Gasteiger partial charge in [0.25, 0.3) is 0 Å². The molecule has 0 saturated carbocycles. The molecule has 2 aliphatic heterocycles. The minimum atomic E-state index is 0.0393. The van der Waals surface area contributed by atoms with E-state index in [1.54, 1.807) is 12.4 Å². The Morgan fingerprint density at radius 2 is 2.05 bits per heavy atom. The van der Waals surface area contributed by atoms with Crippen molar-refractivity contribution < 1.29 is 9.53 Å². The number of amides is 1. The zero-order valence-electron chi connectivity index (χ0n) is 12.9. The number of ether oxygens (including phenoxy) is 1. The first kappa shape index (κ1) is 15.2. The molecule has 1 N–H and O–H groups in total. The van der Waals surface area contributed by atoms with Gasteiger partial charge in [-0.2, -0.15) is 0 Å². The summed E-state index contributed by atoms with van der Waals surface area (Å²) in [4.78, 5) is 23.1. The molecule has 1 atom stereocenters. The Hall–Kier alpha value is -1.69. The molecule has 22 heavy (non-hydrogen) atoms. The number of nitrogens with one attached hydrogen (secondary N) is 1. The van der Waals surface area contributed by atoms with Crippen LogP contribution in [0.15, 0.2) is 18.5 Å². The van der Waals surface area contributed by atoms with Crippen molar-refractivity contribution in [2.24, 2.45) is 11.8 Å². The Morgan fingerprint density at radius 1 is 1.27 bits per heavy atom. The molecule has 0 spiro atoms. The van der Waals surface area contributed by atoms with E-state index in [1.165, 1.54) is 0 Å². The third kappa shape index (κ3) is 3.94. The maximum atomic E-state index is 12.4. The lowest BCUT2D eigenvalue weighted by molar-refractivity contribution is -0.125. The van der Waals surface area contributed by atoms with Crippen LogP contribution in [0.25, 0.3) is 0 Å². The van der Waals surface area contributed by atoms with Crippen LogP contribution in [0.5, 0.6) is 0 Å². The third-order valence-corrected chi connectivity index (χ3v) is 4.53. The standard InChI is InChI=1S/C16H24N4O2/c21-15(19-11-13-4-9-22-10-5-13)14-3-1-8-20(12-14)16-17-6-2-7-18-16/h2,6-7,13-14H,1,3-5,8-12H2,(H,19,21)/t14-/m0/s1. The highest BCUT2D eigenvalue weighted by Gasteiger charge is 2.27. The maximum absolute atomic E-state index is 12.4. The van der Waals surface area contributed by atoms with Gasteiger partial charge in [-0.15, -0.1) is 0 Å². The van der Waals surface area contributed by atoms with Crippen LogP contribution < -0.4 is 10.2 Å². The van der Waals surface area contributed by atoms with Crippen LogP contribution in [-0.2, 0) is 9.53 Å². The van der Waals surface area contributed by atoms with Crippen LogP contribution in [0.1, 0.15) is 25.7 Å². The van der Waals surface area contributed by atoms with Crippen molar-refractivity contribution in [3.8, 4) is 0 Å². The number of piperidine rings is 1. The van der Waals surface area contributed by atoms with E-state index >= 15 is 0 Å². The summed E-state index contributed by atoms with van der Waals surface area (Å²) < 4.78 is 5.35. The second kappa shape index (κ2) is 7.54. The van der Waals surface area contributed by atoms with Crippen molar-refractivity contribution >= 4 is 11.9 Å². The molecule has 3 heterocycles. The van der Waals surface area contributed by atoms with Crippen molar-refractivity contribution in [3.05, 3.63) is 18.5 Å². The largest absolute Gasteiger partial charge is 0.381 e. The first-order valence-electron chi connectivity index (χ1n) is 8.20. The monoisotopic (exact) mass is 304 g/mol. The van der Waals surface area contributed by atoms with Gasteiger partial charge in [-0.25, -0.2) is 9.97 Å². The van der Waals surface area contributed by atoms with Gasteiger partial charge in [0.05, 0.1) is 5.92 Å². The molecular formula is C16H24N4O2. The van der Waals surface area contributed by atoms with Gasteiger partial charge in [-0.3, -0.25) is 4.79 Å². The summed E-state index contributed by atoms with van der Waals surface area (Å²) in [7, 11) is 0. The lowest BCUT2D eigenvalue weighted by atomic mass is 9.96. The molecule has 3 rings (SSSR count). The minimum Gasteiger partial charge on any atom is -0.381 e. The smallest absolute Gasteiger partial charge is 0.225 e. The minimum absolute atomic E-state index is 0.0393. The fourth-order valence-corrected chi connectivity index (χ4v) is 3.17. The van der Waals surface area contributed by atoms with Crippen molar-refractivity contribution in [1.82, 2.24) is 15.3 Å². The number of nitrogens with zero attached hydrogens (tertiary/aromatic N) is 3. The molecule has 0 unspecified atom stereocenters. The van der Waals surface area contributed by atoms with Crippen molar-refractivity contribution in [3.63, 3.8) is 0 Å². The molecule has 0 bridgehead atoms. The highest BCUT2D eigenvalue weighted by molar-refractivity contribution is 5.79. The molecule has 1 aromatic heterocycles. The summed E-state index contributed by atoms with van der Waals surface area (Å²) in [6.45, 7) is 4.06. The summed E-state index contributed by atoms with van der Waals surface area (Å²) in [5.41, 5.74) is 0. The van der Waals surface area contributed by atoms with Crippen LogP contribution in [0.3, 0.4) is 0 Å². The third-order valence-electron chi connectivity index (χ3n) is 4.53. The molecule has 120 valence electrons. The van der Waals surface area contributed by atoms with Gasteiger partial charge >= 0.3 is 0 Å². The molecule has 1 amide bonds. The zero-order chi connectivity index (χ0) is 15.2. The molecule has 0 aromatic carbocycles. The Bertz CT molecular complexity index is 476. The SMILES string of the molecule is O=C(NCC1CCOCC1)[C@H]1CCCN(c2ncccn2)C1. The van der Waals surface area contributed by atoms with Crippen molar-refractivity contribution in [1.29, 1.82) is 0 Å². The predicted molar refractivity (Wildman–Crippen MR) is 83.5 cm³/mol. The van der Waals surface area contributed by atoms with Crippen LogP contribution in [0.2, 0.25) is 0 Å². The Morgan fingerprint density at radius 3 is 2.82 bits per heavy atom. The van der Waals surface area contributed by atoms with E-state index in [0.29, 0.717) is 12.5 Å². The van der Waals surface area contributed by atoms with E-state index in [1.807, 2.05) is 6.07 Å². The average molecular weight is 304 g/mol. The van der Waals surface area contributed by atoms with Gasteiger partial charge in [-0.05, 0) is 37.7 Å². The molecule has 1 aromatic rings. The Balaban J connectivity index is 1.49. The lowest BCUT2D eigenvalue weighted by Crippen LogP contribution is -2.45. The second-order valence-corrected chi connectivity index (χ2v) is 6.13. The van der Waals surface area contributed by atoms with Gasteiger partial charge in [0.1, 0.15) is 0 Å². The first-order valence-corrected chi connectivity index (χ1v) is 8.20. The molecular weight excluding hydrogens is 280 g/mol. The molecule has 6 heteroatoms. The maximum Gasteiger partial charge on any atom is 0.225 e. The molecule has 2 saturated heterocycles. The van der Waals surface area contributed by atoms with Crippen LogP contribution in [0.4, 0.5) is 5.95 Å². The van der Waals surface area contributed by atoms with E-state index in [0.717, 1.165) is 57.9 Å². The fraction of sp³-hybridized carbons (Fsp3) is 0.688. The number of hydrogen-bond donors (Lipinski definition) is 1. The topological polar surface area (TPSA) is 67.3 Å². The van der Waals surface area contributed by atoms with Crippen LogP contribution >= 0.6 is 0 Å². The second-order valence-electron chi connectivity index (χ2n) is 6.13. The Kier molecular flexibility index (Phi) is 5.21. The highest BCUT2D eigenvalue weighted by atomic mass is 16.5. The summed E-state index contributed by atoms with van der Waals surface area (Å²) in [5.74, 6) is 1.50. The number of carbonyl (C=O) groups excluding carboxylic acids is 1. The highest BCUT2D eigenvalue weighted by Crippen LogP contribution is 2.20. The predicted octanol–water partition coefficient (Wildman–Crippen LogP) is 1.24. The van der Waals surface area contributed by atoms with E-state index in [-0.39, 0.29) is 11.8 Å². The fourth-order valence-electron chi connectivity index (χ4n) is 3.17. The van der Waals surface area contributed by atoms with Gasteiger partial charge < -0.3 is 15.0 Å². The molecule has 0 radical (unpaired) electrons. The van der Waals surface area contributed by atoms with Gasteiger partial charge in [-0.1, -0.05) is 0 Å². The molecule has 2 aliphatic rings. The zero-order valence-corrected chi connectivity index (χ0v) is 12.9. The summed E-state index contributed by atoms with van der Waals surface area (Å²) in [6, 6.07) is 1.81. The lowest BCUT2D eigenvalue weighted by Gasteiger charge is -2.32. The Labute approximate surface area is 131 Å². The van der Waals surface area contributed by atoms with Crippen molar-refractivity contribution in [2.75, 3.05) is 37.7 Å². The number of carbonyl (C=O) groups is 1. The van der Waals surface area contributed by atoms with Crippen molar-refractivity contribution in [2.45, 2.75) is 25.7 Å².